The van der Waals surface area contributed by atoms with Crippen molar-refractivity contribution >= 4 is 17.5 Å². The van der Waals surface area contributed by atoms with Gasteiger partial charge in [0.2, 0.25) is 5.91 Å². The Kier molecular flexibility index (Phi) is 6.60. The SMILES string of the molecule is Cc1ccc(-n2ncc(C(=O)N3CCN(CC(=O)Nc4cccc(C)c4C)CC3)c2C)cc1. The average molecular weight is 446 g/mol. The van der Waals surface area contributed by atoms with Gasteiger partial charge < -0.3 is 10.2 Å². The van der Waals surface area contributed by atoms with Crippen LogP contribution in [0.1, 0.15) is 32.7 Å². The Morgan fingerprint density at radius 2 is 1.64 bits per heavy atom. The number of carbonyl (C=O) groups is 2. The molecule has 7 heteroatoms. The predicted molar refractivity (Wildman–Crippen MR) is 130 cm³/mol. The minimum atomic E-state index is -0.0290. The number of amides is 2. The highest BCUT2D eigenvalue weighted by Crippen LogP contribution is 2.19. The second-order valence-corrected chi connectivity index (χ2v) is 8.76. The first-order valence-electron chi connectivity index (χ1n) is 11.3. The molecule has 33 heavy (non-hydrogen) atoms. The lowest BCUT2D eigenvalue weighted by molar-refractivity contribution is -0.117. The molecule has 1 fully saturated rings. The van der Waals surface area contributed by atoms with Crippen LogP contribution in [-0.4, -0.2) is 64.1 Å². The van der Waals surface area contributed by atoms with Crippen molar-refractivity contribution in [1.29, 1.82) is 0 Å². The van der Waals surface area contributed by atoms with E-state index in [1.54, 1.807) is 10.9 Å². The van der Waals surface area contributed by atoms with Crippen molar-refractivity contribution in [2.24, 2.45) is 0 Å². The summed E-state index contributed by atoms with van der Waals surface area (Å²) in [6.45, 7) is 10.8. The number of piperazine rings is 1. The van der Waals surface area contributed by atoms with Crippen molar-refractivity contribution in [3.8, 4) is 5.69 Å². The molecule has 7 nitrogen and oxygen atoms in total. The highest BCUT2D eigenvalue weighted by Gasteiger charge is 2.26. The molecule has 0 radical (unpaired) electrons. The van der Waals surface area contributed by atoms with Crippen molar-refractivity contribution < 1.29 is 9.59 Å². The maximum atomic E-state index is 13.1. The quantitative estimate of drug-likeness (QED) is 0.653. The Bertz CT molecular complexity index is 1160. The minimum Gasteiger partial charge on any atom is -0.336 e. The third kappa shape index (κ3) is 4.98. The van der Waals surface area contributed by atoms with Gasteiger partial charge in [-0.2, -0.15) is 5.10 Å². The van der Waals surface area contributed by atoms with Gasteiger partial charge in [0, 0.05) is 31.9 Å². The third-order valence-corrected chi connectivity index (χ3v) is 6.42. The maximum absolute atomic E-state index is 13.1. The van der Waals surface area contributed by atoms with E-state index < -0.39 is 0 Å². The number of carbonyl (C=O) groups excluding carboxylic acids is 2. The molecule has 1 N–H and O–H groups in total. The molecule has 2 amide bonds. The molecule has 3 aromatic rings. The Morgan fingerprint density at radius 3 is 2.33 bits per heavy atom. The van der Waals surface area contributed by atoms with Crippen LogP contribution < -0.4 is 5.32 Å². The molecule has 1 saturated heterocycles. The smallest absolute Gasteiger partial charge is 0.257 e. The Labute approximate surface area is 195 Å². The van der Waals surface area contributed by atoms with Gasteiger partial charge in [-0.15, -0.1) is 0 Å². The van der Waals surface area contributed by atoms with E-state index in [1.165, 1.54) is 5.56 Å². The van der Waals surface area contributed by atoms with Crippen molar-refractivity contribution in [1.82, 2.24) is 19.6 Å². The summed E-state index contributed by atoms with van der Waals surface area (Å²) in [7, 11) is 0. The fourth-order valence-electron chi connectivity index (χ4n) is 4.12. The first kappa shape index (κ1) is 22.7. The van der Waals surface area contributed by atoms with Gasteiger partial charge >= 0.3 is 0 Å². The Morgan fingerprint density at radius 1 is 0.939 bits per heavy atom. The number of anilines is 1. The number of rotatable bonds is 5. The Balaban J connectivity index is 1.33. The minimum absolute atomic E-state index is 0.00894. The highest BCUT2D eigenvalue weighted by molar-refractivity contribution is 5.95. The molecule has 1 aliphatic rings. The second kappa shape index (κ2) is 9.58. The van der Waals surface area contributed by atoms with E-state index in [2.05, 4.69) is 15.3 Å². The molecule has 1 aromatic heterocycles. The molecule has 1 aliphatic heterocycles. The van der Waals surface area contributed by atoms with Crippen molar-refractivity contribution in [2.75, 3.05) is 38.0 Å². The largest absolute Gasteiger partial charge is 0.336 e. The second-order valence-electron chi connectivity index (χ2n) is 8.76. The van der Waals surface area contributed by atoms with Crippen LogP contribution in [0.5, 0.6) is 0 Å². The van der Waals surface area contributed by atoms with E-state index in [1.807, 2.05) is 75.1 Å². The van der Waals surface area contributed by atoms with Crippen molar-refractivity contribution in [3.63, 3.8) is 0 Å². The predicted octanol–water partition coefficient (Wildman–Crippen LogP) is 3.50. The van der Waals surface area contributed by atoms with Crippen molar-refractivity contribution in [2.45, 2.75) is 27.7 Å². The van der Waals surface area contributed by atoms with E-state index in [9.17, 15) is 9.59 Å². The summed E-state index contributed by atoms with van der Waals surface area (Å²) in [5, 5.41) is 7.46. The van der Waals surface area contributed by atoms with Gasteiger partial charge in [-0.3, -0.25) is 14.5 Å². The average Bonchev–Trinajstić information content (AvgIpc) is 3.18. The number of hydrogen-bond acceptors (Lipinski definition) is 4. The summed E-state index contributed by atoms with van der Waals surface area (Å²) in [4.78, 5) is 29.6. The maximum Gasteiger partial charge on any atom is 0.257 e. The summed E-state index contributed by atoms with van der Waals surface area (Å²) in [6.07, 6.45) is 1.65. The van der Waals surface area contributed by atoms with Gasteiger partial charge in [-0.05, 0) is 57.0 Å². The highest BCUT2D eigenvalue weighted by atomic mass is 16.2. The van der Waals surface area contributed by atoms with Crippen LogP contribution in [0.25, 0.3) is 5.69 Å². The van der Waals surface area contributed by atoms with Crippen LogP contribution in [-0.2, 0) is 4.79 Å². The van der Waals surface area contributed by atoms with Crippen LogP contribution >= 0.6 is 0 Å². The molecule has 0 aliphatic carbocycles. The summed E-state index contributed by atoms with van der Waals surface area (Å²) in [6, 6.07) is 14.0. The number of aromatic nitrogens is 2. The zero-order chi connectivity index (χ0) is 23.5. The van der Waals surface area contributed by atoms with E-state index in [-0.39, 0.29) is 11.8 Å². The van der Waals surface area contributed by atoms with Crippen LogP contribution in [0, 0.1) is 27.7 Å². The molecular formula is C26H31N5O2. The standard InChI is InChI=1S/C26H31N5O2/c1-18-8-10-22(11-9-18)31-21(4)23(16-27-31)26(33)30-14-12-29(13-15-30)17-25(32)28-24-7-5-6-19(2)20(24)3/h5-11,16H,12-15,17H2,1-4H3,(H,28,32). The summed E-state index contributed by atoms with van der Waals surface area (Å²) in [5.74, 6) is -0.0379. The number of hydrogen-bond donors (Lipinski definition) is 1. The van der Waals surface area contributed by atoms with Gasteiger partial charge in [0.1, 0.15) is 0 Å². The van der Waals surface area contributed by atoms with Crippen LogP contribution in [0.2, 0.25) is 0 Å². The molecule has 0 bridgehead atoms. The zero-order valence-corrected chi connectivity index (χ0v) is 19.8. The van der Waals surface area contributed by atoms with Gasteiger partial charge in [0.25, 0.3) is 5.91 Å². The fourth-order valence-corrected chi connectivity index (χ4v) is 4.12. The topological polar surface area (TPSA) is 70.5 Å². The normalized spacial score (nSPS) is 14.4. The molecule has 2 heterocycles. The lowest BCUT2D eigenvalue weighted by Gasteiger charge is -2.34. The van der Waals surface area contributed by atoms with E-state index in [4.69, 9.17) is 0 Å². The first-order chi connectivity index (χ1) is 15.8. The van der Waals surface area contributed by atoms with E-state index in [0.29, 0.717) is 38.3 Å². The first-order valence-corrected chi connectivity index (χ1v) is 11.3. The number of aryl methyl sites for hydroxylation is 2. The van der Waals surface area contributed by atoms with Gasteiger partial charge in [-0.25, -0.2) is 4.68 Å². The van der Waals surface area contributed by atoms with E-state index in [0.717, 1.165) is 28.2 Å². The number of nitrogens with zero attached hydrogens (tertiary/aromatic N) is 4. The van der Waals surface area contributed by atoms with Crippen LogP contribution in [0.15, 0.2) is 48.7 Å². The molecule has 172 valence electrons. The van der Waals surface area contributed by atoms with Gasteiger partial charge in [0.05, 0.1) is 29.7 Å². The molecule has 0 unspecified atom stereocenters. The van der Waals surface area contributed by atoms with Crippen LogP contribution in [0.4, 0.5) is 5.69 Å². The molecule has 0 saturated carbocycles. The van der Waals surface area contributed by atoms with Gasteiger partial charge in [-0.1, -0.05) is 29.8 Å². The lowest BCUT2D eigenvalue weighted by atomic mass is 10.1. The molecule has 0 spiro atoms. The molecule has 0 atom stereocenters. The zero-order valence-electron chi connectivity index (χ0n) is 19.8. The van der Waals surface area contributed by atoms with Crippen LogP contribution in [0.3, 0.4) is 0 Å². The summed E-state index contributed by atoms with van der Waals surface area (Å²) >= 11 is 0. The molecular weight excluding hydrogens is 414 g/mol. The van der Waals surface area contributed by atoms with E-state index >= 15 is 0 Å². The summed E-state index contributed by atoms with van der Waals surface area (Å²) < 4.78 is 1.81. The number of benzene rings is 2. The fraction of sp³-hybridized carbons (Fsp3) is 0.346. The monoisotopic (exact) mass is 445 g/mol. The van der Waals surface area contributed by atoms with Crippen molar-refractivity contribution in [3.05, 3.63) is 76.6 Å². The third-order valence-electron chi connectivity index (χ3n) is 6.42. The Hall–Kier alpha value is -3.45. The molecule has 2 aromatic carbocycles. The number of nitrogens with one attached hydrogen (secondary N) is 1. The molecule has 4 rings (SSSR count). The lowest BCUT2D eigenvalue weighted by Crippen LogP contribution is -2.50. The van der Waals surface area contributed by atoms with Gasteiger partial charge in [0.15, 0.2) is 0 Å². The summed E-state index contributed by atoms with van der Waals surface area (Å²) in [5.41, 5.74) is 6.67.